The number of nitrogens with one attached hydrogen (secondary N) is 5. The van der Waals surface area contributed by atoms with Gasteiger partial charge in [0.05, 0.1) is 6.04 Å². The van der Waals surface area contributed by atoms with E-state index in [9.17, 15) is 64.7 Å². The molecule has 18 nitrogen and oxygen atoms in total. The molecule has 0 aliphatic carbocycles. The minimum atomic E-state index is -5.14. The van der Waals surface area contributed by atoms with E-state index in [1.807, 2.05) is 0 Å². The highest BCUT2D eigenvalue weighted by atomic mass is 19.4. The van der Waals surface area contributed by atoms with Gasteiger partial charge in [0.15, 0.2) is 0 Å². The van der Waals surface area contributed by atoms with Gasteiger partial charge in [0.1, 0.15) is 12.1 Å². The van der Waals surface area contributed by atoms with Crippen LogP contribution in [0.25, 0.3) is 0 Å². The van der Waals surface area contributed by atoms with Crippen molar-refractivity contribution in [2.75, 3.05) is 60.4 Å². The minimum absolute atomic E-state index is 0.0732. The average molecular weight is 1120 g/mol. The van der Waals surface area contributed by atoms with Crippen LogP contribution in [0.2, 0.25) is 0 Å². The molecule has 2 fully saturated rings. The van der Waals surface area contributed by atoms with E-state index in [1.165, 1.54) is 28.8 Å². The fourth-order valence-electron chi connectivity index (χ4n) is 9.39. The Bertz CT molecular complexity index is 2520. The highest BCUT2D eigenvalue weighted by Crippen LogP contribution is 2.27. The lowest BCUT2D eigenvalue weighted by Gasteiger charge is -2.33. The van der Waals surface area contributed by atoms with Crippen molar-refractivity contribution in [3.05, 3.63) is 107 Å². The summed E-state index contributed by atoms with van der Waals surface area (Å²) in [6.45, 7) is 0.856. The van der Waals surface area contributed by atoms with Gasteiger partial charge in [0, 0.05) is 91.4 Å². The summed E-state index contributed by atoms with van der Waals surface area (Å²) in [4.78, 5) is 111. The van der Waals surface area contributed by atoms with E-state index in [0.717, 1.165) is 11.1 Å². The number of amides is 9. The van der Waals surface area contributed by atoms with Crippen molar-refractivity contribution >= 4 is 47.4 Å². The number of urea groups is 1. The smallest absolute Gasteiger partial charge is 0.352 e. The zero-order valence-corrected chi connectivity index (χ0v) is 45.0. The Labute approximate surface area is 456 Å². The highest BCUT2D eigenvalue weighted by molar-refractivity contribution is 5.91. The number of likely N-dealkylation sites (tertiary alicyclic amines) is 2. The Balaban J connectivity index is 1.13. The van der Waals surface area contributed by atoms with E-state index in [2.05, 4.69) is 26.6 Å². The van der Waals surface area contributed by atoms with E-state index in [0.29, 0.717) is 46.6 Å². The Morgan fingerprint density at radius 2 is 0.975 bits per heavy atom. The third-order valence-corrected chi connectivity index (χ3v) is 14.0. The van der Waals surface area contributed by atoms with Crippen LogP contribution in [0.15, 0.2) is 84.9 Å². The number of carbonyl (C=O) groups is 8. The van der Waals surface area contributed by atoms with Crippen molar-refractivity contribution in [1.82, 2.24) is 51.1 Å². The lowest BCUT2D eigenvalue weighted by molar-refractivity contribution is -0.186. The van der Waals surface area contributed by atoms with Crippen LogP contribution in [-0.4, -0.2) is 175 Å². The molecule has 2 aliphatic heterocycles. The molecule has 3 aromatic carbocycles. The number of hydrogen-bond acceptors (Lipinski definition) is 9. The predicted octanol–water partition coefficient (Wildman–Crippen LogP) is 4.46. The van der Waals surface area contributed by atoms with Crippen LogP contribution in [0.5, 0.6) is 0 Å². The normalized spacial score (nSPS) is 16.5. The topological polar surface area (TPSA) is 213 Å². The summed E-state index contributed by atoms with van der Waals surface area (Å²) in [5.74, 6) is -6.65. The second-order valence-corrected chi connectivity index (χ2v) is 20.0. The maximum absolute atomic E-state index is 14.1. The van der Waals surface area contributed by atoms with Crippen LogP contribution in [0.4, 0.5) is 31.1 Å². The molecule has 2 heterocycles. The first kappa shape index (κ1) is 62.6. The van der Waals surface area contributed by atoms with Gasteiger partial charge >= 0.3 is 30.2 Å². The fraction of sp³-hybridized carbons (Fsp3) is 0.527. The first-order valence-corrected chi connectivity index (χ1v) is 26.4. The van der Waals surface area contributed by atoms with E-state index in [1.54, 1.807) is 98.9 Å². The third kappa shape index (κ3) is 19.6. The van der Waals surface area contributed by atoms with Gasteiger partial charge in [-0.1, -0.05) is 84.9 Å². The van der Waals surface area contributed by atoms with Gasteiger partial charge in [-0.15, -0.1) is 0 Å². The lowest BCUT2D eigenvalue weighted by atomic mass is 10.1. The zero-order valence-electron chi connectivity index (χ0n) is 45.0. The first-order valence-electron chi connectivity index (χ1n) is 26.4. The van der Waals surface area contributed by atoms with Crippen molar-refractivity contribution in [2.45, 2.75) is 127 Å². The molecule has 432 valence electrons. The molecule has 9 amide bonds. The third-order valence-electron chi connectivity index (χ3n) is 14.0. The molecule has 0 saturated carbocycles. The Hall–Kier alpha value is -7.24. The van der Waals surface area contributed by atoms with Crippen LogP contribution >= 0.6 is 0 Å². The molecular formula is C55H72F6N10O8. The summed E-state index contributed by atoms with van der Waals surface area (Å²) in [6.07, 6.45) is -9.08. The molecule has 2 saturated heterocycles. The van der Waals surface area contributed by atoms with Crippen LogP contribution in [0.1, 0.15) is 80.5 Å². The van der Waals surface area contributed by atoms with E-state index in [-0.39, 0.29) is 90.9 Å². The standard InChI is InChI=1S/C55H72F6N10O8/c1-37(62-2)48(74)65-44(49(75)70-29-11-17-42(70)35-68(51(77)54(56,57)58)31-27-38-13-7-5-8-14-38)23-25-46(72)63-33-40-19-21-41(22-20-40)34-64-47(73)26-24-45(66-53(79)67(3)4)50(76)71-30-12-18-43(71)36-69(52(78)55(59,60)61)32-28-39-15-9-6-10-16-39/h5-10,13-16,19-22,37,42-45,62H,11-12,17-18,23-36H2,1-4H3,(H,63,72)(H,64,73)(H,65,74)(H,66,79)/t37-,42-,43-,44-,45-/m0/s1. The molecule has 0 radical (unpaired) electrons. The quantitative estimate of drug-likeness (QED) is 0.0718. The van der Waals surface area contributed by atoms with Gasteiger partial charge in [0.25, 0.3) is 0 Å². The SMILES string of the molecule is CN[C@@H](C)C(=O)N[C@@H](CCC(=O)NCc1ccc(CNC(=O)CC[C@H](NC(=O)N(C)C)C(=O)N2CCC[C@H]2CN(CCc2ccccc2)C(=O)C(F)(F)F)cc1)C(=O)N1CCC[C@H]1CN(CCc1ccccc1)C(=O)C(F)(F)F. The predicted molar refractivity (Wildman–Crippen MR) is 280 cm³/mol. The lowest BCUT2D eigenvalue weighted by Crippen LogP contribution is -2.55. The summed E-state index contributed by atoms with van der Waals surface area (Å²) >= 11 is 0. The van der Waals surface area contributed by atoms with Gasteiger partial charge in [0.2, 0.25) is 29.5 Å². The van der Waals surface area contributed by atoms with Gasteiger partial charge in [-0.05, 0) is 87.6 Å². The van der Waals surface area contributed by atoms with Crippen molar-refractivity contribution < 1.29 is 64.7 Å². The molecule has 79 heavy (non-hydrogen) atoms. The Morgan fingerprint density at radius 3 is 1.34 bits per heavy atom. The van der Waals surface area contributed by atoms with Crippen LogP contribution < -0.4 is 26.6 Å². The number of halogens is 6. The van der Waals surface area contributed by atoms with Crippen molar-refractivity contribution in [1.29, 1.82) is 0 Å². The maximum atomic E-state index is 14.1. The number of nitrogens with zero attached hydrogens (tertiary/aromatic N) is 5. The van der Waals surface area contributed by atoms with Crippen LogP contribution in [0, 0.1) is 0 Å². The van der Waals surface area contributed by atoms with Gasteiger partial charge < -0.3 is 51.1 Å². The second-order valence-electron chi connectivity index (χ2n) is 20.0. The zero-order chi connectivity index (χ0) is 57.9. The molecule has 5 rings (SSSR count). The molecule has 0 bridgehead atoms. The van der Waals surface area contributed by atoms with Gasteiger partial charge in [-0.3, -0.25) is 33.6 Å². The number of likely N-dealkylation sites (N-methyl/N-ethyl adjacent to an activating group) is 1. The number of carbonyl (C=O) groups excluding carboxylic acids is 8. The van der Waals surface area contributed by atoms with Crippen molar-refractivity contribution in [3.63, 3.8) is 0 Å². The van der Waals surface area contributed by atoms with Gasteiger partial charge in [-0.25, -0.2) is 4.79 Å². The van der Waals surface area contributed by atoms with Crippen molar-refractivity contribution in [2.24, 2.45) is 0 Å². The van der Waals surface area contributed by atoms with E-state index >= 15 is 0 Å². The molecule has 0 unspecified atom stereocenters. The average Bonchev–Trinajstić information content (AvgIpc) is 4.15. The maximum Gasteiger partial charge on any atom is 0.471 e. The largest absolute Gasteiger partial charge is 0.471 e. The molecule has 24 heteroatoms. The Kier molecular flexibility index (Phi) is 23.5. The van der Waals surface area contributed by atoms with Crippen molar-refractivity contribution in [3.8, 4) is 0 Å². The van der Waals surface area contributed by atoms with Crippen LogP contribution in [0.3, 0.4) is 0 Å². The van der Waals surface area contributed by atoms with E-state index in [4.69, 9.17) is 0 Å². The molecule has 5 N–H and O–H groups in total. The van der Waals surface area contributed by atoms with Gasteiger partial charge in [-0.2, -0.15) is 26.3 Å². The molecule has 3 aromatic rings. The second kappa shape index (κ2) is 29.7. The number of benzene rings is 3. The molecule has 2 aliphatic rings. The monoisotopic (exact) mass is 1110 g/mol. The number of rotatable bonds is 26. The highest BCUT2D eigenvalue weighted by Gasteiger charge is 2.46. The summed E-state index contributed by atoms with van der Waals surface area (Å²) < 4.78 is 82.6. The fourth-order valence-corrected chi connectivity index (χ4v) is 9.39. The molecule has 0 aromatic heterocycles. The summed E-state index contributed by atoms with van der Waals surface area (Å²) in [7, 11) is 4.47. The molecule has 5 atom stereocenters. The first-order chi connectivity index (χ1) is 37.4. The summed E-state index contributed by atoms with van der Waals surface area (Å²) in [5, 5.41) is 13.7. The summed E-state index contributed by atoms with van der Waals surface area (Å²) in [5.41, 5.74) is 2.82. The number of hydrogen-bond donors (Lipinski definition) is 5. The van der Waals surface area contributed by atoms with Crippen LogP contribution in [-0.2, 0) is 59.5 Å². The minimum Gasteiger partial charge on any atom is -0.352 e. The number of alkyl halides is 6. The summed E-state index contributed by atoms with van der Waals surface area (Å²) in [6, 6.07) is 19.0. The Morgan fingerprint density at radius 1 is 0.582 bits per heavy atom. The molecular weight excluding hydrogens is 1040 g/mol. The van der Waals surface area contributed by atoms with E-state index < -0.39 is 89.9 Å². The molecule has 0 spiro atoms.